The highest BCUT2D eigenvalue weighted by Crippen LogP contribution is 2.40. The number of aryl methyl sites for hydroxylation is 1. The maximum absolute atomic E-state index is 13.7. The first-order valence-corrected chi connectivity index (χ1v) is 7.15. The summed E-state index contributed by atoms with van der Waals surface area (Å²) in [6.07, 6.45) is 8.48. The topological polar surface area (TPSA) is 37.8 Å². The molecule has 0 radical (unpaired) electrons. The van der Waals surface area contributed by atoms with Crippen molar-refractivity contribution < 1.29 is 4.39 Å². The predicted octanol–water partition coefficient (Wildman–Crippen LogP) is 3.01. The van der Waals surface area contributed by atoms with E-state index in [1.807, 2.05) is 11.8 Å². The molecule has 0 spiro atoms. The second-order valence-electron chi connectivity index (χ2n) is 4.57. The molecule has 94 valence electrons. The first kappa shape index (κ1) is 12.6. The molecule has 5 heteroatoms. The summed E-state index contributed by atoms with van der Waals surface area (Å²) in [6, 6.07) is 0. The number of rotatable bonds is 4. The Labute approximate surface area is 106 Å². The number of halogens is 1. The highest BCUT2D eigenvalue weighted by atomic mass is 32.2. The van der Waals surface area contributed by atoms with E-state index in [-0.39, 0.29) is 10.6 Å². The number of nitrogens with zero attached hydrogens (tertiary/aromatic N) is 2. The Morgan fingerprint density at radius 1 is 1.41 bits per heavy atom. The fourth-order valence-electron chi connectivity index (χ4n) is 2.30. The van der Waals surface area contributed by atoms with Crippen molar-refractivity contribution in [2.24, 2.45) is 0 Å². The van der Waals surface area contributed by atoms with Gasteiger partial charge in [0, 0.05) is 11.3 Å². The number of hydrogen-bond acceptors (Lipinski definition) is 4. The van der Waals surface area contributed by atoms with Crippen molar-refractivity contribution in [2.45, 2.75) is 37.4 Å². The monoisotopic (exact) mass is 255 g/mol. The van der Waals surface area contributed by atoms with Gasteiger partial charge in [0.1, 0.15) is 6.33 Å². The molecule has 1 aromatic heterocycles. The van der Waals surface area contributed by atoms with Crippen molar-refractivity contribution in [3.63, 3.8) is 0 Å². The van der Waals surface area contributed by atoms with Gasteiger partial charge < -0.3 is 5.32 Å². The lowest BCUT2D eigenvalue weighted by molar-refractivity contribution is 0.595. The number of nitrogens with one attached hydrogen (secondary N) is 1. The summed E-state index contributed by atoms with van der Waals surface area (Å²) < 4.78 is 14.0. The number of anilines is 1. The minimum atomic E-state index is -0.332. The van der Waals surface area contributed by atoms with Crippen LogP contribution in [0.25, 0.3) is 0 Å². The summed E-state index contributed by atoms with van der Waals surface area (Å²) >= 11 is 1.88. The summed E-state index contributed by atoms with van der Waals surface area (Å²) in [5, 5.41) is 3.14. The third kappa shape index (κ3) is 2.70. The van der Waals surface area contributed by atoms with Crippen LogP contribution in [0.5, 0.6) is 0 Å². The van der Waals surface area contributed by atoms with Gasteiger partial charge in [0.15, 0.2) is 11.6 Å². The van der Waals surface area contributed by atoms with Crippen LogP contribution >= 0.6 is 11.8 Å². The van der Waals surface area contributed by atoms with Crippen LogP contribution in [0.4, 0.5) is 10.2 Å². The fraction of sp³-hybridized carbons (Fsp3) is 0.667. The van der Waals surface area contributed by atoms with Gasteiger partial charge in [0.2, 0.25) is 0 Å². The molecule has 0 amide bonds. The van der Waals surface area contributed by atoms with Crippen LogP contribution in [0.1, 0.15) is 31.4 Å². The van der Waals surface area contributed by atoms with Crippen molar-refractivity contribution in [3.05, 3.63) is 17.8 Å². The summed E-state index contributed by atoms with van der Waals surface area (Å²) in [4.78, 5) is 7.78. The Balaban J connectivity index is 2.04. The molecule has 0 unspecified atom stereocenters. The summed E-state index contributed by atoms with van der Waals surface area (Å²) in [7, 11) is 0. The summed E-state index contributed by atoms with van der Waals surface area (Å²) in [5.41, 5.74) is 0.395. The lowest BCUT2D eigenvalue weighted by atomic mass is 10.1. The van der Waals surface area contributed by atoms with E-state index in [0.29, 0.717) is 11.5 Å². The minimum absolute atomic E-state index is 0.255. The molecule has 0 saturated heterocycles. The highest BCUT2D eigenvalue weighted by Gasteiger charge is 2.33. The normalized spacial score (nSPS) is 18.3. The van der Waals surface area contributed by atoms with Gasteiger partial charge in [-0.15, -0.1) is 0 Å². The maximum atomic E-state index is 13.7. The van der Waals surface area contributed by atoms with E-state index in [1.54, 1.807) is 6.92 Å². The molecule has 2 rings (SSSR count). The number of aromatic nitrogens is 2. The molecule has 1 N–H and O–H groups in total. The molecule has 17 heavy (non-hydrogen) atoms. The fourth-order valence-corrected chi connectivity index (χ4v) is 3.21. The van der Waals surface area contributed by atoms with Crippen LogP contribution < -0.4 is 5.32 Å². The van der Waals surface area contributed by atoms with Crippen molar-refractivity contribution in [2.75, 3.05) is 18.1 Å². The largest absolute Gasteiger partial charge is 0.366 e. The quantitative estimate of drug-likeness (QED) is 0.897. The summed E-state index contributed by atoms with van der Waals surface area (Å²) in [6.45, 7) is 2.43. The molecule has 0 aliphatic heterocycles. The van der Waals surface area contributed by atoms with Crippen LogP contribution in [0.15, 0.2) is 6.33 Å². The van der Waals surface area contributed by atoms with E-state index >= 15 is 0 Å². The SMILES string of the molecule is CSC1(CNc2ncnc(C)c2F)CCCC1. The molecular weight excluding hydrogens is 237 g/mol. The second-order valence-corrected chi connectivity index (χ2v) is 5.84. The maximum Gasteiger partial charge on any atom is 0.186 e. The van der Waals surface area contributed by atoms with Gasteiger partial charge in [-0.1, -0.05) is 12.8 Å². The van der Waals surface area contributed by atoms with Gasteiger partial charge in [0.05, 0.1) is 5.69 Å². The van der Waals surface area contributed by atoms with Crippen LogP contribution in [-0.4, -0.2) is 27.5 Å². The van der Waals surface area contributed by atoms with Crippen molar-refractivity contribution >= 4 is 17.6 Å². The van der Waals surface area contributed by atoms with Crippen molar-refractivity contribution in [1.29, 1.82) is 0 Å². The Morgan fingerprint density at radius 2 is 2.12 bits per heavy atom. The lowest BCUT2D eigenvalue weighted by Gasteiger charge is -2.27. The van der Waals surface area contributed by atoms with Crippen LogP contribution in [0.3, 0.4) is 0 Å². The molecule has 1 aliphatic rings. The Morgan fingerprint density at radius 3 is 2.76 bits per heavy atom. The van der Waals surface area contributed by atoms with Gasteiger partial charge in [-0.05, 0) is 26.0 Å². The zero-order valence-corrected chi connectivity index (χ0v) is 11.1. The van der Waals surface area contributed by atoms with Crippen LogP contribution in [0.2, 0.25) is 0 Å². The second kappa shape index (κ2) is 5.21. The minimum Gasteiger partial charge on any atom is -0.366 e. The third-order valence-electron chi connectivity index (χ3n) is 3.49. The highest BCUT2D eigenvalue weighted by molar-refractivity contribution is 8.00. The average molecular weight is 255 g/mol. The van der Waals surface area contributed by atoms with E-state index in [2.05, 4.69) is 21.5 Å². The lowest BCUT2D eigenvalue weighted by Crippen LogP contribution is -2.30. The van der Waals surface area contributed by atoms with E-state index in [1.165, 1.54) is 32.0 Å². The smallest absolute Gasteiger partial charge is 0.186 e. The Kier molecular flexibility index (Phi) is 3.86. The first-order valence-electron chi connectivity index (χ1n) is 5.93. The van der Waals surface area contributed by atoms with Crippen LogP contribution in [0, 0.1) is 12.7 Å². The van der Waals surface area contributed by atoms with Gasteiger partial charge in [0.25, 0.3) is 0 Å². The average Bonchev–Trinajstić information content (AvgIpc) is 2.81. The van der Waals surface area contributed by atoms with Crippen molar-refractivity contribution in [3.8, 4) is 0 Å². The molecule has 1 heterocycles. The van der Waals surface area contributed by atoms with Gasteiger partial charge in [-0.2, -0.15) is 11.8 Å². The van der Waals surface area contributed by atoms with Gasteiger partial charge in [-0.25, -0.2) is 14.4 Å². The standard InChI is InChI=1S/C12H18FN3S/c1-9-10(13)11(16-8-15-9)14-7-12(17-2)5-3-4-6-12/h8H,3-7H2,1-2H3,(H,14,15,16). The van der Waals surface area contributed by atoms with E-state index < -0.39 is 0 Å². The molecular formula is C12H18FN3S. The van der Waals surface area contributed by atoms with Gasteiger partial charge in [-0.3, -0.25) is 0 Å². The molecule has 0 aromatic carbocycles. The van der Waals surface area contributed by atoms with E-state index in [4.69, 9.17) is 0 Å². The molecule has 1 fully saturated rings. The molecule has 1 aliphatic carbocycles. The zero-order chi connectivity index (χ0) is 12.3. The molecule has 1 aromatic rings. The summed E-state index contributed by atoms with van der Waals surface area (Å²) in [5.74, 6) is -0.000394. The molecule has 1 saturated carbocycles. The van der Waals surface area contributed by atoms with E-state index in [9.17, 15) is 4.39 Å². The number of thioether (sulfide) groups is 1. The Bertz CT molecular complexity index is 391. The zero-order valence-electron chi connectivity index (χ0n) is 10.3. The Hall–Kier alpha value is -0.840. The van der Waals surface area contributed by atoms with Gasteiger partial charge >= 0.3 is 0 Å². The first-order chi connectivity index (χ1) is 8.17. The number of hydrogen-bond donors (Lipinski definition) is 1. The van der Waals surface area contributed by atoms with Crippen LogP contribution in [-0.2, 0) is 0 Å². The molecule has 3 nitrogen and oxygen atoms in total. The third-order valence-corrected chi connectivity index (χ3v) is 4.91. The molecule has 0 atom stereocenters. The predicted molar refractivity (Wildman–Crippen MR) is 69.9 cm³/mol. The molecule has 0 bridgehead atoms. The van der Waals surface area contributed by atoms with Crippen molar-refractivity contribution in [1.82, 2.24) is 9.97 Å². The van der Waals surface area contributed by atoms with E-state index in [0.717, 1.165) is 6.54 Å².